The zero-order valence-electron chi connectivity index (χ0n) is 10.2. The van der Waals surface area contributed by atoms with Gasteiger partial charge >= 0.3 is 0 Å². The van der Waals surface area contributed by atoms with E-state index in [4.69, 9.17) is 5.73 Å². The molecule has 3 heteroatoms. The number of likely N-dealkylation sites (tertiary alicyclic amines) is 2. The minimum Gasteiger partial charge on any atom is -0.327 e. The van der Waals surface area contributed by atoms with Gasteiger partial charge < -0.3 is 15.5 Å². The van der Waals surface area contributed by atoms with E-state index in [-0.39, 0.29) is 0 Å². The fraction of sp³-hybridized carbons (Fsp3) is 1.00. The first-order valence-corrected chi connectivity index (χ1v) is 6.35. The Balaban J connectivity index is 1.88. The Kier molecular flexibility index (Phi) is 3.65. The maximum absolute atomic E-state index is 5.87. The zero-order chi connectivity index (χ0) is 10.8. The second kappa shape index (κ2) is 4.81. The van der Waals surface area contributed by atoms with Crippen LogP contribution in [0.5, 0.6) is 0 Å². The van der Waals surface area contributed by atoms with Gasteiger partial charge in [-0.15, -0.1) is 0 Å². The smallest absolute Gasteiger partial charge is 0.0145 e. The summed E-state index contributed by atoms with van der Waals surface area (Å²) in [5, 5.41) is 0. The van der Waals surface area contributed by atoms with Crippen molar-refractivity contribution in [3.8, 4) is 0 Å². The van der Waals surface area contributed by atoms with Crippen LogP contribution in [-0.2, 0) is 0 Å². The quantitative estimate of drug-likeness (QED) is 0.731. The summed E-state index contributed by atoms with van der Waals surface area (Å²) >= 11 is 0. The second-order valence-corrected chi connectivity index (χ2v) is 5.48. The highest BCUT2D eigenvalue weighted by Crippen LogP contribution is 2.29. The van der Waals surface area contributed by atoms with Gasteiger partial charge in [0.1, 0.15) is 0 Å². The minimum atomic E-state index is 0.322. The summed E-state index contributed by atoms with van der Waals surface area (Å²) in [5.41, 5.74) is 5.87. The Morgan fingerprint density at radius 3 is 2.87 bits per heavy atom. The van der Waals surface area contributed by atoms with Gasteiger partial charge in [-0.25, -0.2) is 0 Å². The third-order valence-corrected chi connectivity index (χ3v) is 3.98. The number of nitrogens with zero attached hydrogens (tertiary/aromatic N) is 2. The van der Waals surface area contributed by atoms with Gasteiger partial charge in [-0.1, -0.05) is 0 Å². The molecule has 15 heavy (non-hydrogen) atoms. The van der Waals surface area contributed by atoms with Gasteiger partial charge in [-0.2, -0.15) is 0 Å². The van der Waals surface area contributed by atoms with Crippen molar-refractivity contribution < 1.29 is 0 Å². The first-order valence-electron chi connectivity index (χ1n) is 6.35. The molecule has 3 nitrogen and oxygen atoms in total. The van der Waals surface area contributed by atoms with Crippen molar-refractivity contribution in [1.29, 1.82) is 0 Å². The van der Waals surface area contributed by atoms with Crippen molar-refractivity contribution in [3.63, 3.8) is 0 Å². The van der Waals surface area contributed by atoms with Gasteiger partial charge in [0.2, 0.25) is 0 Å². The molecule has 0 aliphatic carbocycles. The van der Waals surface area contributed by atoms with Crippen LogP contribution in [0, 0.1) is 5.92 Å². The number of rotatable bonds is 2. The number of hydrogen-bond donors (Lipinski definition) is 1. The van der Waals surface area contributed by atoms with Crippen LogP contribution in [0.1, 0.15) is 26.2 Å². The standard InChI is InChI=1S/C12H25N3/c1-10(13)8-15-7-5-12-11(9-15)4-3-6-14(12)2/h10-12H,3-9,13H2,1-2H3/t10-,11?,12?/m0/s1. The van der Waals surface area contributed by atoms with E-state index < -0.39 is 0 Å². The highest BCUT2D eigenvalue weighted by molar-refractivity contribution is 4.89. The molecule has 0 radical (unpaired) electrons. The molecule has 0 spiro atoms. The summed E-state index contributed by atoms with van der Waals surface area (Å²) in [6.45, 7) is 7.00. The maximum atomic E-state index is 5.87. The van der Waals surface area contributed by atoms with Crippen LogP contribution < -0.4 is 5.73 Å². The molecule has 2 aliphatic heterocycles. The van der Waals surface area contributed by atoms with Crippen molar-refractivity contribution in [1.82, 2.24) is 9.80 Å². The predicted molar refractivity (Wildman–Crippen MR) is 63.8 cm³/mol. The SMILES string of the molecule is C[C@H](N)CN1CCC2C(CCCN2C)C1. The Labute approximate surface area is 93.6 Å². The molecule has 3 atom stereocenters. The summed E-state index contributed by atoms with van der Waals surface area (Å²) < 4.78 is 0. The van der Waals surface area contributed by atoms with Crippen LogP contribution >= 0.6 is 0 Å². The van der Waals surface area contributed by atoms with E-state index in [1.165, 1.54) is 38.9 Å². The molecule has 2 unspecified atom stereocenters. The molecule has 0 aromatic carbocycles. The summed E-state index contributed by atoms with van der Waals surface area (Å²) in [7, 11) is 2.29. The van der Waals surface area contributed by atoms with Crippen molar-refractivity contribution >= 4 is 0 Å². The molecule has 2 rings (SSSR count). The van der Waals surface area contributed by atoms with E-state index in [0.29, 0.717) is 6.04 Å². The molecule has 88 valence electrons. The van der Waals surface area contributed by atoms with Crippen molar-refractivity contribution in [3.05, 3.63) is 0 Å². The van der Waals surface area contributed by atoms with Crippen molar-refractivity contribution in [2.75, 3.05) is 33.2 Å². The van der Waals surface area contributed by atoms with E-state index in [9.17, 15) is 0 Å². The van der Waals surface area contributed by atoms with E-state index in [1.54, 1.807) is 0 Å². The predicted octanol–water partition coefficient (Wildman–Crippen LogP) is 0.750. The van der Waals surface area contributed by atoms with Gasteiger partial charge in [0, 0.05) is 25.2 Å². The molecule has 2 heterocycles. The lowest BCUT2D eigenvalue weighted by Crippen LogP contribution is -2.54. The van der Waals surface area contributed by atoms with Gasteiger partial charge in [0.25, 0.3) is 0 Å². The molecular weight excluding hydrogens is 186 g/mol. The van der Waals surface area contributed by atoms with Crippen LogP contribution in [0.4, 0.5) is 0 Å². The van der Waals surface area contributed by atoms with Gasteiger partial charge in [-0.05, 0) is 52.2 Å². The lowest BCUT2D eigenvalue weighted by Gasteiger charge is -2.46. The monoisotopic (exact) mass is 211 g/mol. The maximum Gasteiger partial charge on any atom is 0.0145 e. The van der Waals surface area contributed by atoms with Crippen LogP contribution in [0.25, 0.3) is 0 Å². The fourth-order valence-corrected chi connectivity index (χ4v) is 3.30. The summed E-state index contributed by atoms with van der Waals surface area (Å²) in [6, 6.07) is 1.17. The Morgan fingerprint density at radius 1 is 1.33 bits per heavy atom. The molecule has 2 aliphatic rings. The first-order chi connectivity index (χ1) is 7.16. The third kappa shape index (κ3) is 2.71. The Bertz CT molecular complexity index is 205. The molecule has 0 amide bonds. The van der Waals surface area contributed by atoms with Crippen molar-refractivity contribution in [2.24, 2.45) is 11.7 Å². The van der Waals surface area contributed by atoms with E-state index in [0.717, 1.165) is 18.5 Å². The minimum absolute atomic E-state index is 0.322. The summed E-state index contributed by atoms with van der Waals surface area (Å²) in [5.74, 6) is 0.899. The van der Waals surface area contributed by atoms with Crippen LogP contribution in [0.15, 0.2) is 0 Å². The second-order valence-electron chi connectivity index (χ2n) is 5.48. The van der Waals surface area contributed by atoms with E-state index in [2.05, 4.69) is 23.8 Å². The van der Waals surface area contributed by atoms with Crippen molar-refractivity contribution in [2.45, 2.75) is 38.3 Å². The summed E-state index contributed by atoms with van der Waals surface area (Å²) in [6.07, 6.45) is 4.14. The lowest BCUT2D eigenvalue weighted by atomic mass is 9.84. The average molecular weight is 211 g/mol. The zero-order valence-corrected chi connectivity index (χ0v) is 10.2. The summed E-state index contributed by atoms with van der Waals surface area (Å²) in [4.78, 5) is 5.13. The van der Waals surface area contributed by atoms with E-state index in [1.807, 2.05) is 0 Å². The number of nitrogens with two attached hydrogens (primary N) is 1. The first kappa shape index (κ1) is 11.4. The Hall–Kier alpha value is -0.120. The molecule has 0 bridgehead atoms. The molecule has 0 saturated carbocycles. The molecule has 2 fully saturated rings. The Morgan fingerprint density at radius 2 is 2.13 bits per heavy atom. The number of fused-ring (bicyclic) bond motifs is 1. The normalized spacial score (nSPS) is 36.2. The van der Waals surface area contributed by atoms with Crippen LogP contribution in [0.3, 0.4) is 0 Å². The van der Waals surface area contributed by atoms with Gasteiger partial charge in [0.15, 0.2) is 0 Å². The third-order valence-electron chi connectivity index (χ3n) is 3.98. The lowest BCUT2D eigenvalue weighted by molar-refractivity contribution is 0.0371. The topological polar surface area (TPSA) is 32.5 Å². The fourth-order valence-electron chi connectivity index (χ4n) is 3.30. The largest absolute Gasteiger partial charge is 0.327 e. The number of hydrogen-bond acceptors (Lipinski definition) is 3. The van der Waals surface area contributed by atoms with E-state index >= 15 is 0 Å². The van der Waals surface area contributed by atoms with Crippen LogP contribution in [0.2, 0.25) is 0 Å². The average Bonchev–Trinajstić information content (AvgIpc) is 2.17. The molecule has 0 aromatic heterocycles. The molecular formula is C12H25N3. The highest BCUT2D eigenvalue weighted by atomic mass is 15.2. The van der Waals surface area contributed by atoms with Gasteiger partial charge in [0.05, 0.1) is 0 Å². The van der Waals surface area contributed by atoms with Gasteiger partial charge in [-0.3, -0.25) is 0 Å². The molecule has 0 aromatic rings. The van der Waals surface area contributed by atoms with Crippen LogP contribution in [-0.4, -0.2) is 55.1 Å². The molecule has 2 N–H and O–H groups in total. The molecule has 2 saturated heterocycles. The highest BCUT2D eigenvalue weighted by Gasteiger charge is 2.33. The number of piperidine rings is 2.